The molecule has 4 rings (SSSR count). The van der Waals surface area contributed by atoms with Crippen molar-refractivity contribution in [1.82, 2.24) is 0 Å². The first-order chi connectivity index (χ1) is 15.4. The van der Waals surface area contributed by atoms with Crippen LogP contribution in [0.2, 0.25) is 0 Å². The molecule has 0 spiro atoms. The Labute approximate surface area is 194 Å². The lowest BCUT2D eigenvalue weighted by atomic mass is 9.69. The molecular formula is C32H36. The van der Waals surface area contributed by atoms with Crippen molar-refractivity contribution >= 4 is 6.08 Å². The van der Waals surface area contributed by atoms with Gasteiger partial charge in [-0.2, -0.15) is 0 Å². The summed E-state index contributed by atoms with van der Waals surface area (Å²) in [6, 6.07) is 20.0. The fourth-order valence-corrected chi connectivity index (χ4v) is 5.47. The molecule has 1 fully saturated rings. The molecule has 0 bridgehead atoms. The lowest BCUT2D eigenvalue weighted by molar-refractivity contribution is 0.619. The van der Waals surface area contributed by atoms with Gasteiger partial charge in [0.15, 0.2) is 0 Å². The van der Waals surface area contributed by atoms with Crippen LogP contribution in [0.5, 0.6) is 0 Å². The van der Waals surface area contributed by atoms with Gasteiger partial charge in [0, 0.05) is 11.8 Å². The first kappa shape index (κ1) is 22.3. The van der Waals surface area contributed by atoms with E-state index in [1.54, 1.807) is 0 Å². The zero-order valence-corrected chi connectivity index (χ0v) is 20.1. The summed E-state index contributed by atoms with van der Waals surface area (Å²) >= 11 is 0. The van der Waals surface area contributed by atoms with Gasteiger partial charge in [0.05, 0.1) is 0 Å². The van der Waals surface area contributed by atoms with Gasteiger partial charge >= 0.3 is 0 Å². The van der Waals surface area contributed by atoms with E-state index in [1.807, 2.05) is 0 Å². The molecule has 2 aromatic rings. The van der Waals surface area contributed by atoms with E-state index < -0.39 is 0 Å². The molecule has 0 nitrogen and oxygen atoms in total. The summed E-state index contributed by atoms with van der Waals surface area (Å²) in [7, 11) is 0. The highest BCUT2D eigenvalue weighted by molar-refractivity contribution is 5.67. The van der Waals surface area contributed by atoms with Crippen LogP contribution in [0.3, 0.4) is 0 Å². The van der Waals surface area contributed by atoms with E-state index in [2.05, 4.69) is 108 Å². The van der Waals surface area contributed by atoms with Crippen LogP contribution in [0.15, 0.2) is 107 Å². The van der Waals surface area contributed by atoms with Crippen LogP contribution < -0.4 is 0 Å². The molecule has 0 N–H and O–H groups in total. The smallest absolute Gasteiger partial charge is 0.0201 e. The van der Waals surface area contributed by atoms with Crippen molar-refractivity contribution in [1.29, 1.82) is 0 Å². The predicted octanol–water partition coefficient (Wildman–Crippen LogP) is 9.17. The second-order valence-corrected chi connectivity index (χ2v) is 9.73. The molecule has 32 heavy (non-hydrogen) atoms. The Morgan fingerprint density at radius 1 is 1.03 bits per heavy atom. The Morgan fingerprint density at radius 3 is 2.34 bits per heavy atom. The second-order valence-electron chi connectivity index (χ2n) is 9.73. The first-order valence-corrected chi connectivity index (χ1v) is 12.0. The van der Waals surface area contributed by atoms with E-state index in [9.17, 15) is 0 Å². The van der Waals surface area contributed by atoms with E-state index in [1.165, 1.54) is 50.1 Å². The van der Waals surface area contributed by atoms with E-state index in [4.69, 9.17) is 0 Å². The lowest BCUT2D eigenvalue weighted by Crippen LogP contribution is -2.21. The summed E-state index contributed by atoms with van der Waals surface area (Å²) in [5, 5.41) is 0. The molecule has 0 heteroatoms. The van der Waals surface area contributed by atoms with Crippen LogP contribution in [0.4, 0.5) is 0 Å². The Bertz CT molecular complexity index is 1100. The van der Waals surface area contributed by atoms with Gasteiger partial charge in [-0.1, -0.05) is 118 Å². The summed E-state index contributed by atoms with van der Waals surface area (Å²) in [6.07, 6.45) is 7.91. The summed E-state index contributed by atoms with van der Waals surface area (Å²) < 4.78 is 0. The van der Waals surface area contributed by atoms with Crippen LogP contribution >= 0.6 is 0 Å². The molecule has 2 aromatic carbocycles. The fourth-order valence-electron chi connectivity index (χ4n) is 5.47. The van der Waals surface area contributed by atoms with Gasteiger partial charge in [0.1, 0.15) is 0 Å². The summed E-state index contributed by atoms with van der Waals surface area (Å²) in [4.78, 5) is 0. The zero-order valence-electron chi connectivity index (χ0n) is 20.1. The van der Waals surface area contributed by atoms with Gasteiger partial charge in [0.25, 0.3) is 0 Å². The maximum Gasteiger partial charge on any atom is 0.0201 e. The summed E-state index contributed by atoms with van der Waals surface area (Å²) in [5.74, 6) is 1.16. The molecule has 2 aliphatic carbocycles. The average molecular weight is 421 g/mol. The van der Waals surface area contributed by atoms with Gasteiger partial charge in [-0.3, -0.25) is 0 Å². The van der Waals surface area contributed by atoms with Gasteiger partial charge in [0.2, 0.25) is 0 Å². The maximum absolute atomic E-state index is 4.64. The molecule has 0 saturated heterocycles. The van der Waals surface area contributed by atoms with Crippen LogP contribution in [0.1, 0.15) is 75.5 Å². The van der Waals surface area contributed by atoms with Crippen molar-refractivity contribution in [3.8, 4) is 0 Å². The number of hydrogen-bond acceptors (Lipinski definition) is 0. The highest BCUT2D eigenvalue weighted by Crippen LogP contribution is 2.55. The molecule has 2 aliphatic rings. The van der Waals surface area contributed by atoms with E-state index >= 15 is 0 Å². The van der Waals surface area contributed by atoms with Gasteiger partial charge in [-0.25, -0.2) is 0 Å². The molecule has 1 saturated carbocycles. The SMILES string of the molecule is C=C(CCC)C1=C(C)C=C2C/C(=C/c3ccccc3)C(=C)C2C1c1ccc(C(C)C)cc1. The first-order valence-electron chi connectivity index (χ1n) is 12.0. The molecule has 2 unspecified atom stereocenters. The summed E-state index contributed by atoms with van der Waals surface area (Å²) in [6.45, 7) is 18.2. The monoisotopic (exact) mass is 420 g/mol. The van der Waals surface area contributed by atoms with Crippen LogP contribution in [-0.2, 0) is 0 Å². The lowest BCUT2D eigenvalue weighted by Gasteiger charge is -2.34. The number of rotatable bonds is 6. The van der Waals surface area contributed by atoms with Crippen molar-refractivity contribution in [2.75, 3.05) is 0 Å². The number of hydrogen-bond donors (Lipinski definition) is 0. The number of benzene rings is 2. The quantitative estimate of drug-likeness (QED) is 0.437. The third kappa shape index (κ3) is 4.24. The minimum Gasteiger partial charge on any atom is -0.0955 e. The molecule has 0 heterocycles. The average Bonchev–Trinajstić information content (AvgIpc) is 3.08. The van der Waals surface area contributed by atoms with Gasteiger partial charge in [-0.15, -0.1) is 0 Å². The van der Waals surface area contributed by atoms with Crippen LogP contribution in [0, 0.1) is 5.92 Å². The highest BCUT2D eigenvalue weighted by atomic mass is 14.4. The Morgan fingerprint density at radius 2 is 1.72 bits per heavy atom. The summed E-state index contributed by atoms with van der Waals surface area (Å²) in [5.41, 5.74) is 12.3. The maximum atomic E-state index is 4.64. The normalized spacial score (nSPS) is 21.8. The molecule has 164 valence electrons. The molecule has 0 amide bonds. The standard InChI is InChI=1S/C32H36/c1-7-11-22(4)30-23(5)18-29-20-28(19-25-12-9-8-10-13-25)24(6)31(29)32(30)27-16-14-26(15-17-27)21(2)3/h8-10,12-19,21,31-32H,4,6-7,11,20H2,1-3,5H3/b28-19-. The van der Waals surface area contributed by atoms with Crippen LogP contribution in [-0.4, -0.2) is 0 Å². The third-order valence-electron chi connectivity index (χ3n) is 7.09. The number of allylic oxidation sites excluding steroid dienone is 7. The topological polar surface area (TPSA) is 0 Å². The van der Waals surface area contributed by atoms with Crippen molar-refractivity contribution in [3.05, 3.63) is 124 Å². The van der Waals surface area contributed by atoms with Crippen molar-refractivity contribution in [2.24, 2.45) is 5.92 Å². The highest BCUT2D eigenvalue weighted by Gasteiger charge is 2.40. The van der Waals surface area contributed by atoms with E-state index in [0.717, 1.165) is 19.3 Å². The van der Waals surface area contributed by atoms with Crippen molar-refractivity contribution in [3.63, 3.8) is 0 Å². The van der Waals surface area contributed by atoms with Gasteiger partial charge < -0.3 is 0 Å². The molecule has 0 aromatic heterocycles. The van der Waals surface area contributed by atoms with Crippen molar-refractivity contribution < 1.29 is 0 Å². The minimum atomic E-state index is 0.296. The molecule has 0 radical (unpaired) electrons. The predicted molar refractivity (Wildman–Crippen MR) is 140 cm³/mol. The van der Waals surface area contributed by atoms with E-state index in [-0.39, 0.29) is 0 Å². The Hall–Kier alpha value is -2.86. The van der Waals surface area contributed by atoms with Gasteiger partial charge in [-0.05, 0) is 64.7 Å². The number of fused-ring (bicyclic) bond motifs is 1. The van der Waals surface area contributed by atoms with Crippen molar-refractivity contribution in [2.45, 2.75) is 58.8 Å². The largest absolute Gasteiger partial charge is 0.0955 e. The Kier molecular flexibility index (Phi) is 6.51. The zero-order chi connectivity index (χ0) is 22.8. The Balaban J connectivity index is 1.79. The molecule has 0 aliphatic heterocycles. The minimum absolute atomic E-state index is 0.296. The molecule has 2 atom stereocenters. The fraction of sp³-hybridized carbons (Fsp3) is 0.312. The van der Waals surface area contributed by atoms with Crippen LogP contribution in [0.25, 0.3) is 6.08 Å². The molecular weight excluding hydrogens is 384 g/mol. The second kappa shape index (κ2) is 9.33. The van der Waals surface area contributed by atoms with E-state index in [0.29, 0.717) is 17.8 Å². The third-order valence-corrected chi connectivity index (χ3v) is 7.09.